The molecular weight excluding hydrogens is 252 g/mol. The van der Waals surface area contributed by atoms with Crippen LogP contribution in [0.4, 0.5) is 0 Å². The Kier molecular flexibility index (Phi) is 27.1. The molecule has 0 aliphatic carbocycles. The van der Waals surface area contributed by atoms with Crippen molar-refractivity contribution in [1.29, 1.82) is 0 Å². The van der Waals surface area contributed by atoms with Crippen LogP contribution < -0.4 is 0 Å². The number of hydrogen-bond acceptors (Lipinski definition) is 5. The number of Topliss-reactive ketones (excluding diaryl/α,β-unsaturated/α-hetero) is 1. The average molecular weight is 282 g/mol. The first kappa shape index (κ1) is 26.6. The topological polar surface area (TPSA) is 115 Å². The third kappa shape index (κ3) is 421. The lowest BCUT2D eigenvalue weighted by molar-refractivity contribution is -0.139. The van der Waals surface area contributed by atoms with Crippen LogP contribution in [-0.4, -0.2) is 50.5 Å². The highest BCUT2D eigenvalue weighted by Crippen LogP contribution is 1.77. The van der Waals surface area contributed by atoms with Crippen LogP contribution in [0, 0.1) is 0 Å². The van der Waals surface area contributed by atoms with E-state index in [4.69, 9.17) is 20.4 Å². The van der Waals surface area contributed by atoms with E-state index < -0.39 is 5.97 Å². The minimum absolute atomic E-state index is 0.167. The van der Waals surface area contributed by atoms with Crippen molar-refractivity contribution in [2.24, 2.45) is 0 Å². The van der Waals surface area contributed by atoms with E-state index in [0.29, 0.717) is 0 Å². The fraction of sp³-hybridized carbons (Fsp3) is 0.846. The summed E-state index contributed by atoms with van der Waals surface area (Å²) in [4.78, 5) is 19.5. The molecule has 19 heavy (non-hydrogen) atoms. The molecule has 0 radical (unpaired) electrons. The van der Waals surface area contributed by atoms with Crippen molar-refractivity contribution in [2.45, 2.75) is 73.2 Å². The molecule has 0 aliphatic rings. The van der Waals surface area contributed by atoms with E-state index >= 15 is 0 Å². The molecule has 0 unspecified atom stereocenters. The summed E-state index contributed by atoms with van der Waals surface area (Å²) in [5, 5.41) is 32.0. The molecule has 0 aromatic heterocycles. The molecule has 0 spiro atoms. The molecule has 0 aromatic rings. The minimum Gasteiger partial charge on any atom is -0.481 e. The largest absolute Gasteiger partial charge is 0.481 e. The van der Waals surface area contributed by atoms with Crippen LogP contribution in [0.2, 0.25) is 0 Å². The van der Waals surface area contributed by atoms with Crippen LogP contribution in [0.25, 0.3) is 0 Å². The number of carbonyl (C=O) groups is 2. The molecule has 0 saturated carbocycles. The highest BCUT2D eigenvalue weighted by atomic mass is 16.4. The Morgan fingerprint density at radius 3 is 0.947 bits per heavy atom. The van der Waals surface area contributed by atoms with Crippen LogP contribution in [-0.2, 0) is 9.59 Å². The molecular formula is C13H30O6. The van der Waals surface area contributed by atoms with Crippen molar-refractivity contribution in [3.8, 4) is 0 Å². The lowest BCUT2D eigenvalue weighted by Gasteiger charge is -1.80. The zero-order valence-corrected chi connectivity index (χ0v) is 13.0. The Hall–Kier alpha value is -0.980. The maximum Gasteiger partial charge on any atom is 0.310 e. The molecule has 6 nitrogen and oxygen atoms in total. The summed E-state index contributed by atoms with van der Waals surface area (Å²) in [6, 6.07) is 0. The summed E-state index contributed by atoms with van der Waals surface area (Å²) in [6.07, 6.45) is -0.861. The van der Waals surface area contributed by atoms with Gasteiger partial charge in [-0.25, -0.2) is 0 Å². The molecule has 6 heteroatoms. The first-order valence-corrected chi connectivity index (χ1v) is 6.08. The number of ketones is 1. The van der Waals surface area contributed by atoms with Gasteiger partial charge in [0.05, 0.1) is 0 Å². The van der Waals surface area contributed by atoms with E-state index in [1.54, 1.807) is 41.5 Å². The maximum absolute atomic E-state index is 9.87. The normalized spacial score (nSPS) is 8.68. The molecule has 0 aliphatic heterocycles. The van der Waals surface area contributed by atoms with Crippen LogP contribution in [0.5, 0.6) is 0 Å². The van der Waals surface area contributed by atoms with E-state index in [1.165, 1.54) is 6.92 Å². The quantitative estimate of drug-likeness (QED) is 0.566. The Balaban J connectivity index is -0.0000000825. The van der Waals surface area contributed by atoms with Crippen molar-refractivity contribution >= 4 is 11.8 Å². The fourth-order valence-corrected chi connectivity index (χ4v) is 0.213. The van der Waals surface area contributed by atoms with Gasteiger partial charge in [0, 0.05) is 18.3 Å². The molecule has 0 bridgehead atoms. The Morgan fingerprint density at radius 2 is 0.947 bits per heavy atom. The molecule has 118 valence electrons. The molecule has 0 atom stereocenters. The molecule has 0 saturated heterocycles. The summed E-state index contributed by atoms with van der Waals surface area (Å²) in [5.74, 6) is -1.37. The van der Waals surface area contributed by atoms with Gasteiger partial charge in [-0.05, 0) is 48.5 Å². The molecule has 0 rings (SSSR count). The monoisotopic (exact) mass is 282 g/mol. The number of aliphatic carboxylic acids is 1. The van der Waals surface area contributed by atoms with Crippen LogP contribution in [0.1, 0.15) is 54.9 Å². The van der Waals surface area contributed by atoms with E-state index in [2.05, 4.69) is 0 Å². The van der Waals surface area contributed by atoms with E-state index in [0.717, 1.165) is 0 Å². The first-order valence-electron chi connectivity index (χ1n) is 6.08. The summed E-state index contributed by atoms with van der Waals surface area (Å²) in [5.41, 5.74) is 0. The van der Waals surface area contributed by atoms with Gasteiger partial charge >= 0.3 is 5.97 Å². The van der Waals surface area contributed by atoms with Gasteiger partial charge in [0.2, 0.25) is 0 Å². The third-order valence-corrected chi connectivity index (χ3v) is 0.400. The number of carboxylic acid groups (broad SMARTS) is 1. The van der Waals surface area contributed by atoms with Gasteiger partial charge in [0.1, 0.15) is 12.2 Å². The van der Waals surface area contributed by atoms with Gasteiger partial charge in [0.25, 0.3) is 0 Å². The van der Waals surface area contributed by atoms with Gasteiger partial charge in [-0.3, -0.25) is 9.59 Å². The number of aliphatic hydroxyl groups excluding tert-OH is 3. The van der Waals surface area contributed by atoms with Gasteiger partial charge in [0.15, 0.2) is 0 Å². The maximum atomic E-state index is 9.87. The molecule has 0 aromatic carbocycles. The number of carboxylic acids is 1. The SMILES string of the molecule is CC(=O)CC(=O)O.CC(C)O.CC(C)O.CC(C)O. The van der Waals surface area contributed by atoms with E-state index in [9.17, 15) is 9.59 Å². The van der Waals surface area contributed by atoms with Crippen molar-refractivity contribution in [3.05, 3.63) is 0 Å². The van der Waals surface area contributed by atoms with Gasteiger partial charge in [-0.15, -0.1) is 0 Å². The predicted molar refractivity (Wildman–Crippen MR) is 75.0 cm³/mol. The van der Waals surface area contributed by atoms with Crippen LogP contribution in [0.3, 0.4) is 0 Å². The second-order valence-electron chi connectivity index (χ2n) is 4.55. The van der Waals surface area contributed by atoms with Crippen molar-refractivity contribution < 1.29 is 30.0 Å². The molecule has 0 amide bonds. The lowest BCUT2D eigenvalue weighted by Crippen LogP contribution is -2.00. The fourth-order valence-electron chi connectivity index (χ4n) is 0.213. The van der Waals surface area contributed by atoms with Crippen molar-refractivity contribution in [3.63, 3.8) is 0 Å². The number of rotatable bonds is 2. The number of hydrogen-bond donors (Lipinski definition) is 4. The number of aliphatic hydroxyl groups is 3. The standard InChI is InChI=1S/C4H6O3.3C3H8O/c1-3(5)2-4(6)7;3*1-3(2)4/h2H2,1H3,(H,6,7);3*3-4H,1-2H3. The summed E-state index contributed by atoms with van der Waals surface area (Å²) in [6.45, 7) is 11.6. The molecule has 0 fully saturated rings. The van der Waals surface area contributed by atoms with E-state index in [-0.39, 0.29) is 30.5 Å². The highest BCUT2D eigenvalue weighted by Gasteiger charge is 1.98. The first-order chi connectivity index (χ1) is 8.32. The zero-order chi connectivity index (χ0) is 16.6. The summed E-state index contributed by atoms with van der Waals surface area (Å²) >= 11 is 0. The Morgan fingerprint density at radius 1 is 0.789 bits per heavy atom. The van der Waals surface area contributed by atoms with Gasteiger partial charge in [-0.1, -0.05) is 0 Å². The predicted octanol–water partition coefficient (Wildman–Crippen LogP) is 1.21. The third-order valence-electron chi connectivity index (χ3n) is 0.400. The Labute approximate surface area is 116 Å². The number of carbonyl (C=O) groups excluding carboxylic acids is 1. The van der Waals surface area contributed by atoms with Crippen LogP contribution in [0.15, 0.2) is 0 Å². The molecule has 0 heterocycles. The average Bonchev–Trinajstić information content (AvgIpc) is 1.95. The van der Waals surface area contributed by atoms with Crippen molar-refractivity contribution in [1.82, 2.24) is 0 Å². The summed E-state index contributed by atoms with van der Waals surface area (Å²) in [7, 11) is 0. The smallest absolute Gasteiger partial charge is 0.310 e. The Bertz CT molecular complexity index is 165. The second kappa shape index (κ2) is 19.4. The zero-order valence-electron chi connectivity index (χ0n) is 13.0. The van der Waals surface area contributed by atoms with Crippen molar-refractivity contribution in [2.75, 3.05) is 0 Å². The second-order valence-corrected chi connectivity index (χ2v) is 4.55. The highest BCUT2D eigenvalue weighted by molar-refractivity contribution is 5.93. The lowest BCUT2D eigenvalue weighted by atomic mass is 10.3. The summed E-state index contributed by atoms with van der Waals surface area (Å²) < 4.78 is 0. The molecule has 4 N–H and O–H groups in total. The van der Waals surface area contributed by atoms with Gasteiger partial charge < -0.3 is 20.4 Å². The van der Waals surface area contributed by atoms with E-state index in [1.807, 2.05) is 0 Å². The van der Waals surface area contributed by atoms with Gasteiger partial charge in [-0.2, -0.15) is 0 Å². The minimum atomic E-state index is -1.06. The van der Waals surface area contributed by atoms with Crippen LogP contribution >= 0.6 is 0 Å².